The summed E-state index contributed by atoms with van der Waals surface area (Å²) < 4.78 is 10.1. The van der Waals surface area contributed by atoms with E-state index in [0.717, 1.165) is 0 Å². The fourth-order valence-electron chi connectivity index (χ4n) is 1.09. The Morgan fingerprint density at radius 1 is 1.38 bits per heavy atom. The smallest absolute Gasteiger partial charge is 0.218 e. The van der Waals surface area contributed by atoms with Gasteiger partial charge < -0.3 is 15.2 Å². The molecule has 6 nitrogen and oxygen atoms in total. The van der Waals surface area contributed by atoms with Crippen LogP contribution < -0.4 is 20.7 Å². The summed E-state index contributed by atoms with van der Waals surface area (Å²) in [5.41, 5.74) is 7.40. The molecule has 0 radical (unpaired) electrons. The maximum absolute atomic E-state index is 8.53. The summed E-state index contributed by atoms with van der Waals surface area (Å²) in [7, 11) is 2.97. The first kappa shape index (κ1) is 12.4. The SMILES string of the molecule is COc1cc(OC)c(N=C(N)NO)cc1Cl. The van der Waals surface area contributed by atoms with Crippen molar-refractivity contribution in [3.8, 4) is 11.5 Å². The molecule has 0 aromatic heterocycles. The molecule has 0 amide bonds. The second-order valence-electron chi connectivity index (χ2n) is 2.77. The summed E-state index contributed by atoms with van der Waals surface area (Å²) in [6.45, 7) is 0. The van der Waals surface area contributed by atoms with E-state index in [1.54, 1.807) is 11.5 Å². The van der Waals surface area contributed by atoms with E-state index in [9.17, 15) is 0 Å². The Kier molecular flexibility index (Phi) is 4.21. The van der Waals surface area contributed by atoms with E-state index >= 15 is 0 Å². The van der Waals surface area contributed by atoms with Gasteiger partial charge >= 0.3 is 0 Å². The van der Waals surface area contributed by atoms with Gasteiger partial charge in [-0.25, -0.2) is 10.5 Å². The van der Waals surface area contributed by atoms with Crippen molar-refractivity contribution in [3.63, 3.8) is 0 Å². The topological polar surface area (TPSA) is 89.1 Å². The third-order valence-corrected chi connectivity index (χ3v) is 2.10. The molecule has 0 aliphatic carbocycles. The molecule has 0 unspecified atom stereocenters. The zero-order chi connectivity index (χ0) is 12.1. The summed E-state index contributed by atoms with van der Waals surface area (Å²) in [6, 6.07) is 3.09. The molecule has 16 heavy (non-hydrogen) atoms. The second-order valence-corrected chi connectivity index (χ2v) is 3.17. The summed E-state index contributed by atoms with van der Waals surface area (Å²) in [5.74, 6) is 0.729. The standard InChI is InChI=1S/C9H12ClN3O3/c1-15-7-4-8(16-2)6(3-5(7)10)12-9(11)13-14/h3-4,14H,1-2H3,(H3,11,12,13). The lowest BCUT2D eigenvalue weighted by molar-refractivity contribution is 0.233. The number of nitrogens with two attached hydrogens (primary N) is 1. The predicted octanol–water partition coefficient (Wildman–Crippen LogP) is 1.28. The molecule has 7 heteroatoms. The number of guanidine groups is 1. The highest BCUT2D eigenvalue weighted by atomic mass is 35.5. The lowest BCUT2D eigenvalue weighted by Gasteiger charge is -2.09. The van der Waals surface area contributed by atoms with Crippen molar-refractivity contribution in [2.24, 2.45) is 10.7 Å². The largest absolute Gasteiger partial charge is 0.495 e. The van der Waals surface area contributed by atoms with Crippen molar-refractivity contribution in [2.75, 3.05) is 14.2 Å². The number of nitrogens with zero attached hydrogens (tertiary/aromatic N) is 1. The number of benzene rings is 1. The first-order valence-corrected chi connectivity index (χ1v) is 4.66. The highest BCUT2D eigenvalue weighted by Gasteiger charge is 2.09. The first-order chi connectivity index (χ1) is 7.62. The molecule has 0 aliphatic heterocycles. The molecular formula is C9H12ClN3O3. The highest BCUT2D eigenvalue weighted by molar-refractivity contribution is 6.32. The lowest BCUT2D eigenvalue weighted by atomic mass is 10.3. The van der Waals surface area contributed by atoms with E-state index in [1.807, 2.05) is 0 Å². The fourth-order valence-corrected chi connectivity index (χ4v) is 1.32. The van der Waals surface area contributed by atoms with Crippen LogP contribution in [0.5, 0.6) is 11.5 Å². The van der Waals surface area contributed by atoms with E-state index in [1.165, 1.54) is 20.3 Å². The molecule has 1 aromatic rings. The Hall–Kier alpha value is -1.66. The van der Waals surface area contributed by atoms with Gasteiger partial charge in [0.2, 0.25) is 5.96 Å². The van der Waals surface area contributed by atoms with Gasteiger partial charge in [-0.3, -0.25) is 5.21 Å². The third-order valence-electron chi connectivity index (χ3n) is 1.81. The van der Waals surface area contributed by atoms with Crippen LogP contribution in [-0.2, 0) is 0 Å². The Balaban J connectivity index is 3.23. The molecule has 0 saturated heterocycles. The number of ether oxygens (including phenoxy) is 2. The van der Waals surface area contributed by atoms with Gasteiger partial charge in [0.05, 0.1) is 19.2 Å². The molecule has 0 heterocycles. The number of hydroxylamine groups is 1. The van der Waals surface area contributed by atoms with Crippen molar-refractivity contribution in [1.82, 2.24) is 5.48 Å². The molecule has 1 rings (SSSR count). The average Bonchev–Trinajstić information content (AvgIpc) is 2.29. The van der Waals surface area contributed by atoms with Crippen LogP contribution in [0.4, 0.5) is 5.69 Å². The van der Waals surface area contributed by atoms with Crippen molar-refractivity contribution in [3.05, 3.63) is 17.2 Å². The number of hydrogen-bond donors (Lipinski definition) is 3. The Morgan fingerprint density at radius 3 is 2.50 bits per heavy atom. The van der Waals surface area contributed by atoms with Crippen molar-refractivity contribution >= 4 is 23.2 Å². The van der Waals surface area contributed by atoms with Gasteiger partial charge in [-0.15, -0.1) is 0 Å². The summed E-state index contributed by atoms with van der Waals surface area (Å²) in [6.07, 6.45) is 0. The van der Waals surface area contributed by atoms with Gasteiger partial charge in [0.1, 0.15) is 17.2 Å². The Bertz CT molecular complexity index is 409. The number of hydrogen-bond acceptors (Lipinski definition) is 4. The van der Waals surface area contributed by atoms with Crippen LogP contribution in [0.3, 0.4) is 0 Å². The Morgan fingerprint density at radius 2 is 2.00 bits per heavy atom. The van der Waals surface area contributed by atoms with E-state index in [2.05, 4.69) is 4.99 Å². The van der Waals surface area contributed by atoms with E-state index in [0.29, 0.717) is 22.2 Å². The van der Waals surface area contributed by atoms with Gasteiger partial charge in [-0.1, -0.05) is 11.6 Å². The van der Waals surface area contributed by atoms with Crippen LogP contribution in [0, 0.1) is 0 Å². The van der Waals surface area contributed by atoms with Crippen LogP contribution >= 0.6 is 11.6 Å². The molecule has 0 fully saturated rings. The minimum absolute atomic E-state index is 0.167. The lowest BCUT2D eigenvalue weighted by Crippen LogP contribution is -2.27. The molecule has 0 saturated carbocycles. The van der Waals surface area contributed by atoms with E-state index in [-0.39, 0.29) is 5.96 Å². The minimum Gasteiger partial charge on any atom is -0.495 e. The molecule has 0 spiro atoms. The maximum Gasteiger partial charge on any atom is 0.218 e. The van der Waals surface area contributed by atoms with Crippen LogP contribution in [0.15, 0.2) is 17.1 Å². The third kappa shape index (κ3) is 2.68. The zero-order valence-electron chi connectivity index (χ0n) is 8.82. The second kappa shape index (κ2) is 5.43. The van der Waals surface area contributed by atoms with Crippen molar-refractivity contribution < 1.29 is 14.7 Å². The zero-order valence-corrected chi connectivity index (χ0v) is 9.58. The van der Waals surface area contributed by atoms with Crippen molar-refractivity contribution in [2.45, 2.75) is 0 Å². The quantitative estimate of drug-likeness (QED) is 0.424. The van der Waals surface area contributed by atoms with Gasteiger partial charge in [0.25, 0.3) is 0 Å². The molecule has 4 N–H and O–H groups in total. The summed E-state index contributed by atoms with van der Waals surface area (Å²) in [5, 5.41) is 8.89. The van der Waals surface area contributed by atoms with E-state index < -0.39 is 0 Å². The van der Waals surface area contributed by atoms with Crippen LogP contribution in [0.25, 0.3) is 0 Å². The summed E-state index contributed by atoms with van der Waals surface area (Å²) >= 11 is 5.91. The van der Waals surface area contributed by atoms with Gasteiger partial charge in [0, 0.05) is 6.07 Å². The van der Waals surface area contributed by atoms with Gasteiger partial charge in [0.15, 0.2) is 0 Å². The number of aliphatic imine (C=N–C) groups is 1. The number of rotatable bonds is 3. The molecular weight excluding hydrogens is 234 g/mol. The number of nitrogens with one attached hydrogen (secondary N) is 1. The minimum atomic E-state index is -0.167. The predicted molar refractivity (Wildman–Crippen MR) is 60.8 cm³/mol. The monoisotopic (exact) mass is 245 g/mol. The van der Waals surface area contributed by atoms with Crippen LogP contribution in [-0.4, -0.2) is 25.4 Å². The van der Waals surface area contributed by atoms with Gasteiger partial charge in [-0.05, 0) is 6.07 Å². The van der Waals surface area contributed by atoms with Crippen LogP contribution in [0.2, 0.25) is 5.02 Å². The maximum atomic E-state index is 8.53. The molecule has 0 bridgehead atoms. The average molecular weight is 246 g/mol. The fraction of sp³-hybridized carbons (Fsp3) is 0.222. The van der Waals surface area contributed by atoms with Crippen molar-refractivity contribution in [1.29, 1.82) is 0 Å². The molecule has 88 valence electrons. The molecule has 0 atom stereocenters. The molecule has 0 aliphatic rings. The normalized spacial score (nSPS) is 11.1. The highest BCUT2D eigenvalue weighted by Crippen LogP contribution is 2.37. The summed E-state index contributed by atoms with van der Waals surface area (Å²) in [4.78, 5) is 3.85. The van der Waals surface area contributed by atoms with E-state index in [4.69, 9.17) is 32.0 Å². The number of methoxy groups -OCH3 is 2. The van der Waals surface area contributed by atoms with Gasteiger partial charge in [-0.2, -0.15) is 0 Å². The number of halogens is 1. The van der Waals surface area contributed by atoms with Crippen LogP contribution in [0.1, 0.15) is 0 Å². The Labute approximate surface area is 97.6 Å². The first-order valence-electron chi connectivity index (χ1n) is 4.28. The molecule has 1 aromatic carbocycles.